The van der Waals surface area contributed by atoms with Gasteiger partial charge in [0.15, 0.2) is 17.3 Å². The summed E-state index contributed by atoms with van der Waals surface area (Å²) in [5.41, 5.74) is 1.43. The van der Waals surface area contributed by atoms with Gasteiger partial charge in [0.2, 0.25) is 10.0 Å². The number of amides is 1. The number of aromatic nitrogens is 2. The Kier molecular flexibility index (Phi) is 4.92. The number of hydrogen-bond donors (Lipinski definition) is 0. The highest BCUT2D eigenvalue weighted by atomic mass is 32.2. The third-order valence-electron chi connectivity index (χ3n) is 5.19. The summed E-state index contributed by atoms with van der Waals surface area (Å²) in [7, 11) is -3.95. The van der Waals surface area contributed by atoms with E-state index in [0.717, 1.165) is 43.6 Å². The largest absolute Gasteiger partial charge is 0.335 e. The zero-order chi connectivity index (χ0) is 19.9. The molecule has 28 heavy (non-hydrogen) atoms. The van der Waals surface area contributed by atoms with Gasteiger partial charge in [0.05, 0.1) is 4.90 Å². The number of nitrogens with zero attached hydrogens (tertiary/aromatic N) is 4. The van der Waals surface area contributed by atoms with Crippen LogP contribution in [0.2, 0.25) is 0 Å². The van der Waals surface area contributed by atoms with Crippen LogP contribution < -0.4 is 0 Å². The highest BCUT2D eigenvalue weighted by Crippen LogP contribution is 2.21. The van der Waals surface area contributed by atoms with Crippen molar-refractivity contribution in [1.29, 1.82) is 0 Å². The fourth-order valence-electron chi connectivity index (χ4n) is 3.60. The molecule has 1 aromatic carbocycles. The van der Waals surface area contributed by atoms with E-state index in [1.807, 2.05) is 10.7 Å². The molecule has 2 aliphatic rings. The van der Waals surface area contributed by atoms with Gasteiger partial charge in [0, 0.05) is 38.4 Å². The van der Waals surface area contributed by atoms with Gasteiger partial charge < -0.3 is 4.90 Å². The summed E-state index contributed by atoms with van der Waals surface area (Å²) in [4.78, 5) is 14.0. The molecule has 0 bridgehead atoms. The molecule has 2 aromatic rings. The number of carbonyl (C=O) groups is 1. The van der Waals surface area contributed by atoms with Gasteiger partial charge in [-0.2, -0.15) is 9.40 Å². The summed E-state index contributed by atoms with van der Waals surface area (Å²) < 4.78 is 54.8. The number of carbonyl (C=O) groups excluding carboxylic acids is 1. The minimum Gasteiger partial charge on any atom is -0.335 e. The van der Waals surface area contributed by atoms with Crippen molar-refractivity contribution in [1.82, 2.24) is 19.0 Å². The molecule has 0 unspecified atom stereocenters. The maximum absolute atomic E-state index is 13.4. The average molecular weight is 410 g/mol. The molecule has 1 amide bonds. The number of fused-ring (bicyclic) bond motifs is 1. The van der Waals surface area contributed by atoms with Gasteiger partial charge in [-0.25, -0.2) is 17.2 Å². The number of piperazine rings is 1. The minimum absolute atomic E-state index is 0.0840. The van der Waals surface area contributed by atoms with Crippen LogP contribution in [0.15, 0.2) is 29.2 Å². The summed E-state index contributed by atoms with van der Waals surface area (Å²) in [5.74, 6) is -2.53. The molecule has 7 nitrogen and oxygen atoms in total. The maximum Gasteiger partial charge on any atom is 0.274 e. The number of aryl methyl sites for hydroxylation is 2. The molecule has 3 heterocycles. The Morgan fingerprint density at radius 3 is 2.39 bits per heavy atom. The topological polar surface area (TPSA) is 75.5 Å². The highest BCUT2D eigenvalue weighted by molar-refractivity contribution is 7.89. The van der Waals surface area contributed by atoms with Gasteiger partial charge in [-0.15, -0.1) is 0 Å². The number of halogens is 2. The van der Waals surface area contributed by atoms with E-state index in [0.29, 0.717) is 11.8 Å². The fourth-order valence-corrected chi connectivity index (χ4v) is 5.04. The second-order valence-corrected chi connectivity index (χ2v) is 8.91. The van der Waals surface area contributed by atoms with Crippen molar-refractivity contribution < 1.29 is 22.0 Å². The Morgan fingerprint density at radius 1 is 0.964 bits per heavy atom. The van der Waals surface area contributed by atoms with Gasteiger partial charge in [-0.3, -0.25) is 9.48 Å². The van der Waals surface area contributed by atoms with Crippen LogP contribution in [0.25, 0.3) is 0 Å². The quantitative estimate of drug-likeness (QED) is 0.771. The van der Waals surface area contributed by atoms with E-state index in [9.17, 15) is 22.0 Å². The predicted octanol–water partition coefficient (Wildman–Crippen LogP) is 1.64. The molecular formula is C18H20F2N4O3S. The second-order valence-electron chi connectivity index (χ2n) is 6.97. The van der Waals surface area contributed by atoms with Gasteiger partial charge in [-0.05, 0) is 43.5 Å². The van der Waals surface area contributed by atoms with Gasteiger partial charge >= 0.3 is 0 Å². The van der Waals surface area contributed by atoms with E-state index in [2.05, 4.69) is 5.10 Å². The predicted molar refractivity (Wildman–Crippen MR) is 96.2 cm³/mol. The molecule has 1 fully saturated rings. The average Bonchev–Trinajstić information content (AvgIpc) is 3.13. The summed E-state index contributed by atoms with van der Waals surface area (Å²) in [5, 5.41) is 4.38. The van der Waals surface area contributed by atoms with Crippen LogP contribution >= 0.6 is 0 Å². The minimum atomic E-state index is -3.95. The van der Waals surface area contributed by atoms with Gasteiger partial charge in [0.1, 0.15) is 0 Å². The summed E-state index contributed by atoms with van der Waals surface area (Å²) in [6.45, 7) is 1.40. The lowest BCUT2D eigenvalue weighted by molar-refractivity contribution is 0.0691. The standard InChI is InChI=1S/C18H20F2N4O3S/c19-15-5-4-14(12-16(15)20)28(26,27)23-9-7-22(8-10-23)18(25)17-11-13-3-1-2-6-24(13)21-17/h4-5,11-12H,1-3,6-10H2. The molecule has 0 saturated carbocycles. The Bertz CT molecular complexity index is 990. The molecule has 10 heteroatoms. The van der Waals surface area contributed by atoms with Gasteiger partial charge in [0.25, 0.3) is 5.91 Å². The number of rotatable bonds is 3. The van der Waals surface area contributed by atoms with Crippen molar-refractivity contribution in [2.45, 2.75) is 30.7 Å². The molecule has 1 aromatic heterocycles. The normalized spacial score (nSPS) is 18.1. The van der Waals surface area contributed by atoms with E-state index in [1.54, 1.807) is 4.90 Å². The first-order valence-electron chi connectivity index (χ1n) is 9.17. The monoisotopic (exact) mass is 410 g/mol. The van der Waals surface area contributed by atoms with Crippen LogP contribution in [0.1, 0.15) is 29.0 Å². The van der Waals surface area contributed by atoms with E-state index in [4.69, 9.17) is 0 Å². The third kappa shape index (κ3) is 3.42. The van der Waals surface area contributed by atoms with Crippen molar-refractivity contribution in [3.05, 3.63) is 47.3 Å². The number of sulfonamides is 1. The van der Waals surface area contributed by atoms with Crippen LogP contribution in [-0.4, -0.2) is 59.5 Å². The highest BCUT2D eigenvalue weighted by Gasteiger charge is 2.32. The number of benzene rings is 1. The van der Waals surface area contributed by atoms with Crippen molar-refractivity contribution >= 4 is 15.9 Å². The molecule has 4 rings (SSSR count). The zero-order valence-electron chi connectivity index (χ0n) is 15.1. The first-order chi connectivity index (χ1) is 13.4. The first-order valence-corrected chi connectivity index (χ1v) is 10.6. The zero-order valence-corrected chi connectivity index (χ0v) is 16.0. The molecule has 0 aliphatic carbocycles. The first kappa shape index (κ1) is 19.0. The second kappa shape index (κ2) is 7.25. The molecule has 0 spiro atoms. The lowest BCUT2D eigenvalue weighted by Gasteiger charge is -2.33. The lowest BCUT2D eigenvalue weighted by Crippen LogP contribution is -2.50. The summed E-state index contributed by atoms with van der Waals surface area (Å²) in [6, 6.07) is 4.33. The fraction of sp³-hybridized carbons (Fsp3) is 0.444. The smallest absolute Gasteiger partial charge is 0.274 e. The van der Waals surface area contributed by atoms with Crippen molar-refractivity contribution in [3.8, 4) is 0 Å². The molecule has 1 saturated heterocycles. The Morgan fingerprint density at radius 2 is 1.71 bits per heavy atom. The Labute approximate surface area is 161 Å². The Balaban J connectivity index is 1.44. The van der Waals surface area contributed by atoms with Crippen LogP contribution in [0.4, 0.5) is 8.78 Å². The van der Waals surface area contributed by atoms with E-state index in [-0.39, 0.29) is 37.0 Å². The summed E-state index contributed by atoms with van der Waals surface area (Å²) in [6.07, 6.45) is 3.03. The van der Waals surface area contributed by atoms with E-state index < -0.39 is 21.7 Å². The number of hydrogen-bond acceptors (Lipinski definition) is 4. The van der Waals surface area contributed by atoms with E-state index >= 15 is 0 Å². The van der Waals surface area contributed by atoms with Crippen LogP contribution in [0, 0.1) is 11.6 Å². The van der Waals surface area contributed by atoms with Crippen molar-refractivity contribution in [2.75, 3.05) is 26.2 Å². The molecule has 2 aliphatic heterocycles. The van der Waals surface area contributed by atoms with Crippen LogP contribution in [-0.2, 0) is 23.0 Å². The van der Waals surface area contributed by atoms with E-state index in [1.165, 1.54) is 4.31 Å². The Hall–Kier alpha value is -2.33. The maximum atomic E-state index is 13.4. The SMILES string of the molecule is O=C(c1cc2n(n1)CCCC2)N1CCN(S(=O)(=O)c2ccc(F)c(F)c2)CC1. The third-order valence-corrected chi connectivity index (χ3v) is 7.08. The van der Waals surface area contributed by atoms with Crippen molar-refractivity contribution in [2.24, 2.45) is 0 Å². The molecular weight excluding hydrogens is 390 g/mol. The molecule has 0 N–H and O–H groups in total. The van der Waals surface area contributed by atoms with Crippen LogP contribution in [0.3, 0.4) is 0 Å². The molecule has 0 atom stereocenters. The molecule has 0 radical (unpaired) electrons. The lowest BCUT2D eigenvalue weighted by atomic mass is 10.1. The van der Waals surface area contributed by atoms with Gasteiger partial charge in [-0.1, -0.05) is 0 Å². The molecule has 150 valence electrons. The van der Waals surface area contributed by atoms with Crippen molar-refractivity contribution in [3.63, 3.8) is 0 Å². The van der Waals surface area contributed by atoms with Crippen LogP contribution in [0.5, 0.6) is 0 Å². The summed E-state index contributed by atoms with van der Waals surface area (Å²) >= 11 is 0.